The van der Waals surface area contributed by atoms with Crippen LogP contribution in [0.5, 0.6) is 0 Å². The van der Waals surface area contributed by atoms with Crippen LogP contribution >= 0.6 is 0 Å². The Morgan fingerprint density at radius 2 is 1.62 bits per heavy atom. The van der Waals surface area contributed by atoms with E-state index in [4.69, 9.17) is 0 Å². The molecule has 3 saturated carbocycles. The van der Waals surface area contributed by atoms with Gasteiger partial charge in [-0.05, 0) is 32.1 Å². The number of hydrogen-bond acceptors (Lipinski definition) is 1. The fourth-order valence-electron chi connectivity index (χ4n) is 3.26. The van der Waals surface area contributed by atoms with Gasteiger partial charge in [0, 0.05) is 19.3 Å². The van der Waals surface area contributed by atoms with E-state index in [1.807, 2.05) is 0 Å². The monoisotopic (exact) mass is 185 g/mol. The lowest BCUT2D eigenvalue weighted by atomic mass is 9.65. The van der Waals surface area contributed by atoms with Crippen LogP contribution in [0, 0.1) is 5.92 Å². The molecule has 2 nitrogen and oxygen atoms in total. The van der Waals surface area contributed by atoms with Crippen LogP contribution in [0.4, 0.5) is 0 Å². The van der Waals surface area contributed by atoms with E-state index < -0.39 is 0 Å². The number of hydrogen-bond donors (Lipinski definition) is 1. The SMILES string of the molecule is CC[NH+](C)C12CCC(CC1)CC2.[OH-]. The summed E-state index contributed by atoms with van der Waals surface area (Å²) in [5, 5.41) is 0. The van der Waals surface area contributed by atoms with Crippen molar-refractivity contribution in [3.63, 3.8) is 0 Å². The molecule has 0 heterocycles. The largest absolute Gasteiger partial charge is 0.870 e. The topological polar surface area (TPSA) is 34.4 Å². The third-order valence-electron chi connectivity index (χ3n) is 4.53. The third-order valence-corrected chi connectivity index (χ3v) is 4.53. The maximum atomic E-state index is 2.39. The smallest absolute Gasteiger partial charge is 0.0975 e. The molecule has 0 aromatic carbocycles. The van der Waals surface area contributed by atoms with E-state index in [0.717, 1.165) is 5.92 Å². The van der Waals surface area contributed by atoms with Gasteiger partial charge in [-0.25, -0.2) is 0 Å². The molecule has 0 amide bonds. The quantitative estimate of drug-likeness (QED) is 0.686. The highest BCUT2D eigenvalue weighted by Gasteiger charge is 2.45. The van der Waals surface area contributed by atoms with Gasteiger partial charge in [-0.2, -0.15) is 0 Å². The van der Waals surface area contributed by atoms with Crippen molar-refractivity contribution in [3.8, 4) is 0 Å². The molecule has 3 fully saturated rings. The van der Waals surface area contributed by atoms with Gasteiger partial charge in [0.25, 0.3) is 0 Å². The Kier molecular flexibility index (Phi) is 3.36. The van der Waals surface area contributed by atoms with Crippen molar-refractivity contribution in [1.29, 1.82) is 0 Å². The second-order valence-corrected chi connectivity index (χ2v) is 4.90. The first-order valence-corrected chi connectivity index (χ1v) is 5.60. The van der Waals surface area contributed by atoms with Crippen LogP contribution in [0.25, 0.3) is 0 Å². The molecule has 2 bridgehead atoms. The zero-order chi connectivity index (χ0) is 8.60. The summed E-state index contributed by atoms with van der Waals surface area (Å²) in [5.74, 6) is 1.11. The predicted molar refractivity (Wildman–Crippen MR) is 53.3 cm³/mol. The second kappa shape index (κ2) is 3.97. The number of nitrogens with one attached hydrogen (secondary N) is 1. The molecule has 0 spiro atoms. The van der Waals surface area contributed by atoms with E-state index in [9.17, 15) is 0 Å². The Morgan fingerprint density at radius 3 is 2.00 bits per heavy atom. The Bertz CT molecular complexity index is 148. The van der Waals surface area contributed by atoms with Crippen molar-refractivity contribution in [2.45, 2.75) is 51.0 Å². The van der Waals surface area contributed by atoms with Crippen molar-refractivity contribution < 1.29 is 10.4 Å². The van der Waals surface area contributed by atoms with Gasteiger partial charge in [-0.3, -0.25) is 0 Å². The first kappa shape index (κ1) is 11.0. The molecular formula is C11H23NO. The molecule has 1 atom stereocenters. The van der Waals surface area contributed by atoms with Crippen LogP contribution in [0.15, 0.2) is 0 Å². The zero-order valence-corrected chi connectivity index (χ0v) is 8.97. The summed E-state index contributed by atoms with van der Waals surface area (Å²) in [4.78, 5) is 1.79. The van der Waals surface area contributed by atoms with Gasteiger partial charge >= 0.3 is 0 Å². The zero-order valence-electron chi connectivity index (χ0n) is 8.97. The average molecular weight is 185 g/mol. The standard InChI is InChI=1S/C11H21N.H2O/c1-3-12(2)11-7-4-10(5-8-11)6-9-11;/h10H,3-9H2,1-2H3;1H2. The van der Waals surface area contributed by atoms with Crippen LogP contribution in [0.1, 0.15) is 45.4 Å². The van der Waals surface area contributed by atoms with Crippen molar-refractivity contribution in [1.82, 2.24) is 0 Å². The molecule has 3 aliphatic rings. The van der Waals surface area contributed by atoms with E-state index in [-0.39, 0.29) is 5.48 Å². The molecule has 13 heavy (non-hydrogen) atoms. The summed E-state index contributed by atoms with van der Waals surface area (Å²) in [6.45, 7) is 3.63. The molecule has 3 aliphatic carbocycles. The molecule has 0 saturated heterocycles. The Balaban J connectivity index is 0.000000845. The lowest BCUT2D eigenvalue weighted by molar-refractivity contribution is -0.937. The maximum absolute atomic E-state index is 2.39. The van der Waals surface area contributed by atoms with Gasteiger partial charge in [-0.15, -0.1) is 0 Å². The molecule has 0 aromatic heterocycles. The Hall–Kier alpha value is -0.0800. The second-order valence-electron chi connectivity index (χ2n) is 4.90. The Morgan fingerprint density at radius 1 is 1.15 bits per heavy atom. The highest BCUT2D eigenvalue weighted by molar-refractivity contribution is 4.91. The minimum absolute atomic E-state index is 0. The number of fused-ring (bicyclic) bond motifs is 3. The third kappa shape index (κ3) is 1.75. The molecule has 0 aromatic rings. The predicted octanol–water partition coefficient (Wildman–Crippen LogP) is 1.07. The van der Waals surface area contributed by atoms with Crippen molar-refractivity contribution in [2.24, 2.45) is 5.92 Å². The first-order chi connectivity index (χ1) is 5.77. The molecule has 0 aliphatic heterocycles. The number of quaternary nitrogens is 1. The molecule has 78 valence electrons. The number of rotatable bonds is 2. The minimum Gasteiger partial charge on any atom is -0.870 e. The highest BCUT2D eigenvalue weighted by Crippen LogP contribution is 2.42. The van der Waals surface area contributed by atoms with E-state index >= 15 is 0 Å². The van der Waals surface area contributed by atoms with Crippen LogP contribution in [0.2, 0.25) is 0 Å². The molecule has 0 radical (unpaired) electrons. The Labute approximate surface area is 81.6 Å². The summed E-state index contributed by atoms with van der Waals surface area (Å²) in [5.41, 5.74) is 0.712. The normalized spacial score (nSPS) is 39.7. The fourth-order valence-corrected chi connectivity index (χ4v) is 3.26. The molecule has 3 rings (SSSR count). The molecule has 1 unspecified atom stereocenters. The molecule has 2 N–H and O–H groups in total. The average Bonchev–Trinajstić information content (AvgIpc) is 2.19. The van der Waals surface area contributed by atoms with Gasteiger partial charge in [0.1, 0.15) is 0 Å². The summed E-state index contributed by atoms with van der Waals surface area (Å²) < 4.78 is 0. The van der Waals surface area contributed by atoms with Gasteiger partial charge in [0.05, 0.1) is 19.1 Å². The van der Waals surface area contributed by atoms with Gasteiger partial charge in [-0.1, -0.05) is 0 Å². The van der Waals surface area contributed by atoms with Crippen molar-refractivity contribution in [3.05, 3.63) is 0 Å². The lowest BCUT2D eigenvalue weighted by Crippen LogP contribution is -3.18. The van der Waals surface area contributed by atoms with E-state index in [0.29, 0.717) is 5.54 Å². The van der Waals surface area contributed by atoms with Crippen LogP contribution in [0.3, 0.4) is 0 Å². The summed E-state index contributed by atoms with van der Waals surface area (Å²) in [7, 11) is 2.39. The molecule has 2 heteroatoms. The van der Waals surface area contributed by atoms with Gasteiger partial charge in [0.2, 0.25) is 0 Å². The summed E-state index contributed by atoms with van der Waals surface area (Å²) in [6, 6.07) is 0. The van der Waals surface area contributed by atoms with Gasteiger partial charge in [0.15, 0.2) is 0 Å². The van der Waals surface area contributed by atoms with Crippen LogP contribution in [-0.2, 0) is 0 Å². The van der Waals surface area contributed by atoms with E-state index in [2.05, 4.69) is 14.0 Å². The van der Waals surface area contributed by atoms with Crippen LogP contribution < -0.4 is 4.90 Å². The fraction of sp³-hybridized carbons (Fsp3) is 1.00. The summed E-state index contributed by atoms with van der Waals surface area (Å²) in [6.07, 6.45) is 9.11. The highest BCUT2D eigenvalue weighted by atomic mass is 16.0. The molecular weight excluding hydrogens is 162 g/mol. The van der Waals surface area contributed by atoms with Crippen LogP contribution in [-0.4, -0.2) is 24.6 Å². The maximum Gasteiger partial charge on any atom is 0.0975 e. The van der Waals surface area contributed by atoms with Gasteiger partial charge < -0.3 is 10.4 Å². The van der Waals surface area contributed by atoms with E-state index in [1.54, 1.807) is 4.90 Å². The van der Waals surface area contributed by atoms with E-state index in [1.165, 1.54) is 45.1 Å². The lowest BCUT2D eigenvalue weighted by Gasteiger charge is -2.48. The summed E-state index contributed by atoms with van der Waals surface area (Å²) >= 11 is 0. The van der Waals surface area contributed by atoms with Crippen molar-refractivity contribution in [2.75, 3.05) is 13.6 Å². The minimum atomic E-state index is 0. The van der Waals surface area contributed by atoms with Crippen molar-refractivity contribution >= 4 is 0 Å². The first-order valence-electron chi connectivity index (χ1n) is 5.60.